The van der Waals surface area contributed by atoms with Crippen molar-refractivity contribution in [2.75, 3.05) is 20.1 Å². The lowest BCUT2D eigenvalue weighted by Gasteiger charge is -2.22. The van der Waals surface area contributed by atoms with Gasteiger partial charge in [0.15, 0.2) is 0 Å². The first-order valence-electron chi connectivity index (χ1n) is 6.94. The van der Waals surface area contributed by atoms with Gasteiger partial charge in [0.05, 0.1) is 17.5 Å². The second kappa shape index (κ2) is 8.48. The van der Waals surface area contributed by atoms with E-state index in [4.69, 9.17) is 21.4 Å². The molecule has 0 spiro atoms. The molecular formula is C15H21ClN2O4. The molecule has 7 heteroatoms. The van der Waals surface area contributed by atoms with Crippen LogP contribution in [0.5, 0.6) is 5.75 Å². The van der Waals surface area contributed by atoms with Crippen molar-refractivity contribution in [2.24, 2.45) is 5.92 Å². The number of halogens is 1. The van der Waals surface area contributed by atoms with E-state index in [-0.39, 0.29) is 25.2 Å². The minimum absolute atomic E-state index is 0.140. The quantitative estimate of drug-likeness (QED) is 0.806. The largest absolute Gasteiger partial charge is 0.487 e. The number of nitrogens with zero attached hydrogens (tertiary/aromatic N) is 1. The van der Waals surface area contributed by atoms with Crippen LogP contribution in [0.4, 0.5) is 4.79 Å². The molecule has 0 aliphatic carbocycles. The lowest BCUT2D eigenvalue weighted by Crippen LogP contribution is -2.43. The van der Waals surface area contributed by atoms with Crippen LogP contribution in [0, 0.1) is 5.92 Å². The van der Waals surface area contributed by atoms with E-state index in [0.29, 0.717) is 10.8 Å². The zero-order chi connectivity index (χ0) is 16.7. The standard InChI is InChI=1S/C15H21ClN2O4/c1-10(14(19)20)9-18(3)15(21)17-8-11(2)22-13-7-5-4-6-12(13)16/h4-7,10-11H,8-9H2,1-3H3,(H,17,21)(H,19,20). The Bertz CT molecular complexity index is 524. The van der Waals surface area contributed by atoms with Crippen LogP contribution in [0.15, 0.2) is 24.3 Å². The summed E-state index contributed by atoms with van der Waals surface area (Å²) in [4.78, 5) is 24.0. The van der Waals surface area contributed by atoms with Gasteiger partial charge in [0.1, 0.15) is 11.9 Å². The Morgan fingerprint density at radius 1 is 1.36 bits per heavy atom. The highest BCUT2D eigenvalue weighted by Crippen LogP contribution is 2.23. The molecule has 1 rings (SSSR count). The number of hydrogen-bond donors (Lipinski definition) is 2. The Morgan fingerprint density at radius 2 is 2.00 bits per heavy atom. The number of aliphatic carboxylic acids is 1. The predicted octanol–water partition coefficient (Wildman–Crippen LogP) is 2.47. The van der Waals surface area contributed by atoms with E-state index in [2.05, 4.69) is 5.32 Å². The van der Waals surface area contributed by atoms with Crippen LogP contribution in [0.1, 0.15) is 13.8 Å². The number of ether oxygens (including phenoxy) is 1. The Labute approximate surface area is 135 Å². The van der Waals surface area contributed by atoms with Gasteiger partial charge in [-0.1, -0.05) is 30.7 Å². The molecule has 0 aliphatic rings. The van der Waals surface area contributed by atoms with E-state index in [9.17, 15) is 9.59 Å². The molecule has 2 atom stereocenters. The van der Waals surface area contributed by atoms with E-state index >= 15 is 0 Å². The van der Waals surface area contributed by atoms with Gasteiger partial charge in [0.25, 0.3) is 0 Å². The van der Waals surface area contributed by atoms with Crippen molar-refractivity contribution in [2.45, 2.75) is 20.0 Å². The van der Waals surface area contributed by atoms with Crippen LogP contribution in [-0.4, -0.2) is 48.2 Å². The number of urea groups is 1. The molecule has 0 saturated heterocycles. The highest BCUT2D eigenvalue weighted by molar-refractivity contribution is 6.32. The number of rotatable bonds is 7. The fraction of sp³-hybridized carbons (Fsp3) is 0.467. The SMILES string of the molecule is CC(CNC(=O)N(C)CC(C)C(=O)O)Oc1ccccc1Cl. The average molecular weight is 329 g/mol. The van der Waals surface area contributed by atoms with Crippen LogP contribution in [0.25, 0.3) is 0 Å². The first-order chi connectivity index (χ1) is 10.3. The number of nitrogens with one attached hydrogen (secondary N) is 1. The van der Waals surface area contributed by atoms with Gasteiger partial charge in [0, 0.05) is 13.6 Å². The highest BCUT2D eigenvalue weighted by atomic mass is 35.5. The molecular weight excluding hydrogens is 308 g/mol. The summed E-state index contributed by atoms with van der Waals surface area (Å²) in [5, 5.41) is 12.0. The lowest BCUT2D eigenvalue weighted by molar-refractivity contribution is -0.141. The summed E-state index contributed by atoms with van der Waals surface area (Å²) in [6, 6.07) is 6.75. The van der Waals surface area contributed by atoms with E-state index in [1.54, 1.807) is 32.2 Å². The maximum Gasteiger partial charge on any atom is 0.317 e. The maximum atomic E-state index is 11.9. The Balaban J connectivity index is 2.40. The van der Waals surface area contributed by atoms with Gasteiger partial charge in [-0.2, -0.15) is 0 Å². The lowest BCUT2D eigenvalue weighted by atomic mass is 10.2. The minimum Gasteiger partial charge on any atom is -0.487 e. The van der Waals surface area contributed by atoms with Crippen LogP contribution >= 0.6 is 11.6 Å². The number of amides is 2. The van der Waals surface area contributed by atoms with Crippen molar-refractivity contribution in [3.8, 4) is 5.75 Å². The molecule has 1 aromatic carbocycles. The summed E-state index contributed by atoms with van der Waals surface area (Å²) < 4.78 is 5.64. The maximum absolute atomic E-state index is 11.9. The van der Waals surface area contributed by atoms with Gasteiger partial charge >= 0.3 is 12.0 Å². The van der Waals surface area contributed by atoms with Crippen molar-refractivity contribution >= 4 is 23.6 Å². The fourth-order valence-corrected chi connectivity index (χ4v) is 1.92. The summed E-state index contributed by atoms with van der Waals surface area (Å²) in [6.45, 7) is 3.79. The van der Waals surface area contributed by atoms with Gasteiger partial charge in [-0.05, 0) is 19.1 Å². The zero-order valence-corrected chi connectivity index (χ0v) is 13.6. The van der Waals surface area contributed by atoms with Gasteiger partial charge in [-0.15, -0.1) is 0 Å². The zero-order valence-electron chi connectivity index (χ0n) is 12.9. The van der Waals surface area contributed by atoms with Crippen LogP contribution in [0.3, 0.4) is 0 Å². The summed E-state index contributed by atoms with van der Waals surface area (Å²) in [6.07, 6.45) is -0.269. The molecule has 2 N–H and O–H groups in total. The topological polar surface area (TPSA) is 78.9 Å². The first-order valence-corrected chi connectivity index (χ1v) is 7.32. The van der Waals surface area contributed by atoms with E-state index in [1.807, 2.05) is 13.0 Å². The number of hydrogen-bond acceptors (Lipinski definition) is 3. The van der Waals surface area contributed by atoms with Crippen molar-refractivity contribution in [1.82, 2.24) is 10.2 Å². The Morgan fingerprint density at radius 3 is 2.59 bits per heavy atom. The number of benzene rings is 1. The van der Waals surface area contributed by atoms with Crippen molar-refractivity contribution < 1.29 is 19.4 Å². The third kappa shape index (κ3) is 5.81. The van der Waals surface area contributed by atoms with Crippen molar-refractivity contribution in [3.05, 3.63) is 29.3 Å². The number of carboxylic acid groups (broad SMARTS) is 1. The Kier molecular flexibility index (Phi) is 6.98. The molecule has 0 bridgehead atoms. The molecule has 1 aromatic rings. The summed E-state index contributed by atoms with van der Waals surface area (Å²) >= 11 is 5.99. The van der Waals surface area contributed by atoms with E-state index < -0.39 is 11.9 Å². The van der Waals surface area contributed by atoms with Gasteiger partial charge < -0.3 is 20.1 Å². The van der Waals surface area contributed by atoms with E-state index in [1.165, 1.54) is 4.90 Å². The predicted molar refractivity (Wildman–Crippen MR) is 84.4 cm³/mol. The number of carboxylic acids is 1. The molecule has 6 nitrogen and oxygen atoms in total. The molecule has 0 aromatic heterocycles. The molecule has 2 unspecified atom stereocenters. The van der Waals surface area contributed by atoms with Crippen molar-refractivity contribution in [1.29, 1.82) is 0 Å². The Hall–Kier alpha value is -1.95. The second-order valence-corrected chi connectivity index (χ2v) is 5.57. The molecule has 2 amide bonds. The number of carbonyl (C=O) groups excluding carboxylic acids is 1. The third-order valence-corrected chi connectivity index (χ3v) is 3.33. The van der Waals surface area contributed by atoms with Crippen molar-refractivity contribution in [3.63, 3.8) is 0 Å². The molecule has 22 heavy (non-hydrogen) atoms. The van der Waals surface area contributed by atoms with Crippen LogP contribution < -0.4 is 10.1 Å². The van der Waals surface area contributed by atoms with Gasteiger partial charge in [0.2, 0.25) is 0 Å². The van der Waals surface area contributed by atoms with E-state index in [0.717, 1.165) is 0 Å². The summed E-state index contributed by atoms with van der Waals surface area (Å²) in [5.41, 5.74) is 0. The second-order valence-electron chi connectivity index (χ2n) is 5.16. The highest BCUT2D eigenvalue weighted by Gasteiger charge is 2.17. The molecule has 0 fully saturated rings. The summed E-state index contributed by atoms with van der Waals surface area (Å²) in [5.74, 6) is -0.999. The smallest absolute Gasteiger partial charge is 0.317 e. The minimum atomic E-state index is -0.935. The molecule has 0 heterocycles. The van der Waals surface area contributed by atoms with Crippen LogP contribution in [-0.2, 0) is 4.79 Å². The van der Waals surface area contributed by atoms with Crippen LogP contribution in [0.2, 0.25) is 5.02 Å². The molecule has 122 valence electrons. The molecule has 0 radical (unpaired) electrons. The monoisotopic (exact) mass is 328 g/mol. The fourth-order valence-electron chi connectivity index (χ4n) is 1.74. The number of para-hydroxylation sites is 1. The number of carbonyl (C=O) groups is 2. The molecule has 0 saturated carbocycles. The molecule has 0 aliphatic heterocycles. The van der Waals surface area contributed by atoms with Gasteiger partial charge in [-0.25, -0.2) is 4.79 Å². The third-order valence-electron chi connectivity index (χ3n) is 3.02. The average Bonchev–Trinajstić information content (AvgIpc) is 2.46. The summed E-state index contributed by atoms with van der Waals surface area (Å²) in [7, 11) is 1.55. The van der Waals surface area contributed by atoms with Gasteiger partial charge in [-0.3, -0.25) is 4.79 Å². The normalized spacial score (nSPS) is 13.1. The first kappa shape index (κ1) is 18.1.